The standard InChI is InChI=1S/C32H44N4O8/c1-6-7-12-36(16-10-13-35(5)14-11-16)18-9-8-17-15(2)19-21(26(38)20(17)25(18)37)29(41)32(44)23(27(19)39)24(34(3)4)28(40)22(30(32)42)31(33)43/h8-9,15-16,19,23-24,27,37-39,42,44H,6-7,10-14H2,1-5H3,(H2,33,43)/t15-,19+,23+,24-,27-,32-/m0/s1. The van der Waals surface area contributed by atoms with Crippen LogP contribution in [0, 0.1) is 11.8 Å². The quantitative estimate of drug-likeness (QED) is 0.243. The summed E-state index contributed by atoms with van der Waals surface area (Å²) >= 11 is 0. The van der Waals surface area contributed by atoms with Crippen molar-refractivity contribution in [3.63, 3.8) is 0 Å². The van der Waals surface area contributed by atoms with Gasteiger partial charge in [-0.3, -0.25) is 19.3 Å². The number of primary amides is 1. The highest BCUT2D eigenvalue weighted by Crippen LogP contribution is 2.57. The Kier molecular flexibility index (Phi) is 8.34. The van der Waals surface area contributed by atoms with Crippen molar-refractivity contribution in [1.82, 2.24) is 9.80 Å². The zero-order valence-electron chi connectivity index (χ0n) is 25.9. The van der Waals surface area contributed by atoms with Crippen LogP contribution in [0.1, 0.15) is 56.6 Å². The Hall–Kier alpha value is -3.45. The number of Topliss-reactive ketones (excluding diaryl/α,β-unsaturated/α-hetero) is 2. The Bertz CT molecular complexity index is 1450. The molecule has 12 nitrogen and oxygen atoms in total. The van der Waals surface area contributed by atoms with E-state index in [0.717, 1.165) is 38.8 Å². The van der Waals surface area contributed by atoms with Crippen molar-refractivity contribution in [2.45, 2.75) is 69.2 Å². The van der Waals surface area contributed by atoms with Gasteiger partial charge in [-0.15, -0.1) is 0 Å². The number of likely N-dealkylation sites (N-methyl/N-ethyl adjacent to an activating group) is 1. The zero-order chi connectivity index (χ0) is 32.4. The van der Waals surface area contributed by atoms with Gasteiger partial charge >= 0.3 is 0 Å². The van der Waals surface area contributed by atoms with E-state index in [1.165, 1.54) is 19.0 Å². The smallest absolute Gasteiger partial charge is 0.255 e. The van der Waals surface area contributed by atoms with Crippen LogP contribution in [-0.4, -0.2) is 117 Å². The predicted octanol–water partition coefficient (Wildman–Crippen LogP) is 1.20. The molecule has 2 fully saturated rings. The molecule has 1 saturated heterocycles. The number of aromatic hydroxyl groups is 1. The first-order valence-corrected chi connectivity index (χ1v) is 15.3. The van der Waals surface area contributed by atoms with Gasteiger partial charge in [0, 0.05) is 24.1 Å². The van der Waals surface area contributed by atoms with Gasteiger partial charge in [0.2, 0.25) is 5.78 Å². The number of hydrogen-bond acceptors (Lipinski definition) is 11. The Balaban J connectivity index is 1.69. The van der Waals surface area contributed by atoms with Crippen molar-refractivity contribution < 1.29 is 39.9 Å². The van der Waals surface area contributed by atoms with E-state index >= 15 is 0 Å². The number of phenols is 1. The number of rotatable bonds is 7. The molecule has 1 aromatic rings. The summed E-state index contributed by atoms with van der Waals surface area (Å²) < 4.78 is 0. The summed E-state index contributed by atoms with van der Waals surface area (Å²) in [5.74, 6) is -8.81. The van der Waals surface area contributed by atoms with Crippen LogP contribution in [0.2, 0.25) is 0 Å². The third-order valence-electron chi connectivity index (χ3n) is 10.3. The number of carbonyl (C=O) groups is 3. The number of aliphatic hydroxyl groups is 4. The lowest BCUT2D eigenvalue weighted by atomic mass is 9.54. The van der Waals surface area contributed by atoms with Gasteiger partial charge in [0.1, 0.15) is 22.8 Å². The number of carbonyl (C=O) groups excluding carboxylic acids is 3. The molecule has 0 radical (unpaired) electrons. The van der Waals surface area contributed by atoms with Gasteiger partial charge in [-0.2, -0.15) is 0 Å². The van der Waals surface area contributed by atoms with Crippen LogP contribution in [0.25, 0.3) is 5.76 Å². The molecule has 7 N–H and O–H groups in total. The van der Waals surface area contributed by atoms with E-state index in [2.05, 4.69) is 23.8 Å². The number of likely N-dealkylation sites (tertiary alicyclic amines) is 1. The molecule has 3 aliphatic carbocycles. The average Bonchev–Trinajstić information content (AvgIpc) is 2.96. The number of hydrogen-bond donors (Lipinski definition) is 6. The van der Waals surface area contributed by atoms with E-state index in [1.807, 2.05) is 6.07 Å². The second-order valence-corrected chi connectivity index (χ2v) is 13.0. The Morgan fingerprint density at radius 1 is 1.14 bits per heavy atom. The van der Waals surface area contributed by atoms with Crippen LogP contribution in [0.5, 0.6) is 5.75 Å². The first-order chi connectivity index (χ1) is 20.7. The molecule has 0 unspecified atom stereocenters. The second-order valence-electron chi connectivity index (χ2n) is 13.0. The summed E-state index contributed by atoms with van der Waals surface area (Å²) in [5.41, 5.74) is 2.18. The number of phenolic OH excluding ortho intramolecular Hbond substituents is 1. The summed E-state index contributed by atoms with van der Waals surface area (Å²) in [6.45, 7) is 6.31. The minimum atomic E-state index is -2.93. The Labute approximate surface area is 257 Å². The molecule has 240 valence electrons. The Morgan fingerprint density at radius 3 is 2.34 bits per heavy atom. The number of unbranched alkanes of at least 4 members (excludes halogenated alkanes) is 1. The van der Waals surface area contributed by atoms with E-state index in [-0.39, 0.29) is 22.9 Å². The lowest BCUT2D eigenvalue weighted by Crippen LogP contribution is -2.70. The molecule has 0 aromatic heterocycles. The minimum absolute atomic E-state index is 0.0212. The fourth-order valence-electron chi connectivity index (χ4n) is 7.97. The Morgan fingerprint density at radius 2 is 1.77 bits per heavy atom. The summed E-state index contributed by atoms with van der Waals surface area (Å²) in [4.78, 5) is 45.6. The van der Waals surface area contributed by atoms with Gasteiger partial charge in [0.25, 0.3) is 5.91 Å². The summed E-state index contributed by atoms with van der Waals surface area (Å²) in [6, 6.07) is 2.37. The number of benzene rings is 1. The molecule has 1 heterocycles. The molecule has 5 rings (SSSR count). The number of ketones is 2. The maximum atomic E-state index is 14.3. The number of nitrogens with two attached hydrogens (primary N) is 1. The van der Waals surface area contributed by atoms with E-state index < -0.39 is 70.1 Å². The van der Waals surface area contributed by atoms with Crippen LogP contribution in [-0.2, 0) is 14.4 Å². The lowest BCUT2D eigenvalue weighted by molar-refractivity contribution is -0.169. The first kappa shape index (κ1) is 32.0. The van der Waals surface area contributed by atoms with Gasteiger partial charge < -0.3 is 41.1 Å². The predicted molar refractivity (Wildman–Crippen MR) is 163 cm³/mol. The van der Waals surface area contributed by atoms with Crippen molar-refractivity contribution >= 4 is 28.9 Å². The van der Waals surface area contributed by atoms with Crippen LogP contribution >= 0.6 is 0 Å². The largest absolute Gasteiger partial charge is 0.508 e. The van der Waals surface area contributed by atoms with Crippen molar-refractivity contribution in [3.05, 3.63) is 40.2 Å². The maximum Gasteiger partial charge on any atom is 0.255 e. The number of anilines is 1. The van der Waals surface area contributed by atoms with Crippen LogP contribution in [0.15, 0.2) is 29.0 Å². The van der Waals surface area contributed by atoms with E-state index in [4.69, 9.17) is 5.73 Å². The molecular formula is C32H44N4O8. The molecule has 6 atom stereocenters. The molecule has 12 heteroatoms. The molecule has 0 bridgehead atoms. The molecule has 1 aromatic carbocycles. The van der Waals surface area contributed by atoms with Crippen molar-refractivity contribution in [3.8, 4) is 5.75 Å². The SMILES string of the molecule is CCCCN(c1ccc2c(c1O)C(O)=C1C(=O)[C@]3(O)C(O)=C(C(N)=O)C(=O)[C@@H](N(C)C)[C@@H]3[C@@H](O)[C@@H]1[C@H]2C)C1CCN(C)CC1. The molecule has 1 amide bonds. The van der Waals surface area contributed by atoms with E-state index in [9.17, 15) is 39.9 Å². The van der Waals surface area contributed by atoms with Crippen LogP contribution < -0.4 is 10.6 Å². The van der Waals surface area contributed by atoms with E-state index in [0.29, 0.717) is 17.8 Å². The van der Waals surface area contributed by atoms with Crippen molar-refractivity contribution in [2.75, 3.05) is 45.7 Å². The number of amides is 1. The molecule has 1 saturated carbocycles. The van der Waals surface area contributed by atoms with Gasteiger partial charge in [-0.05, 0) is 71.0 Å². The van der Waals surface area contributed by atoms with Crippen LogP contribution in [0.4, 0.5) is 5.69 Å². The zero-order valence-corrected chi connectivity index (χ0v) is 25.9. The van der Waals surface area contributed by atoms with Gasteiger partial charge in [-0.1, -0.05) is 26.3 Å². The van der Waals surface area contributed by atoms with Gasteiger partial charge in [-0.25, -0.2) is 0 Å². The molecule has 0 spiro atoms. The van der Waals surface area contributed by atoms with Crippen molar-refractivity contribution in [2.24, 2.45) is 17.6 Å². The second kappa shape index (κ2) is 11.5. The molecule has 1 aliphatic heterocycles. The number of aliphatic hydroxyl groups excluding tert-OH is 3. The third kappa shape index (κ3) is 4.53. The van der Waals surface area contributed by atoms with Gasteiger partial charge in [0.05, 0.1) is 29.3 Å². The van der Waals surface area contributed by atoms with Crippen molar-refractivity contribution in [1.29, 1.82) is 0 Å². The number of fused-ring (bicyclic) bond motifs is 3. The first-order valence-electron chi connectivity index (χ1n) is 15.3. The fourth-order valence-corrected chi connectivity index (χ4v) is 7.97. The van der Waals surface area contributed by atoms with E-state index in [1.54, 1.807) is 13.0 Å². The molecule has 4 aliphatic rings. The normalized spacial score (nSPS) is 31.2. The van der Waals surface area contributed by atoms with Gasteiger partial charge in [0.15, 0.2) is 11.4 Å². The van der Waals surface area contributed by atoms with Crippen LogP contribution in [0.3, 0.4) is 0 Å². The molecule has 44 heavy (non-hydrogen) atoms. The average molecular weight is 613 g/mol. The highest BCUT2D eigenvalue weighted by atomic mass is 16.4. The highest BCUT2D eigenvalue weighted by Gasteiger charge is 2.68. The minimum Gasteiger partial charge on any atom is -0.508 e. The molecular weight excluding hydrogens is 568 g/mol. The third-order valence-corrected chi connectivity index (χ3v) is 10.3. The summed E-state index contributed by atoms with van der Waals surface area (Å²) in [7, 11) is 5.04. The lowest BCUT2D eigenvalue weighted by Gasteiger charge is -2.53. The summed E-state index contributed by atoms with van der Waals surface area (Å²) in [5, 5.41) is 58.4. The topological polar surface area (TPSA) is 188 Å². The summed E-state index contributed by atoms with van der Waals surface area (Å²) in [6.07, 6.45) is 1.98. The highest BCUT2D eigenvalue weighted by molar-refractivity contribution is 6.24. The maximum absolute atomic E-state index is 14.3. The number of nitrogens with zero attached hydrogens (tertiary/aromatic N) is 3. The fraction of sp³-hybridized carbons (Fsp3) is 0.594. The number of piperidine rings is 1. The monoisotopic (exact) mass is 612 g/mol.